The second-order valence-corrected chi connectivity index (χ2v) is 4.94. The van der Waals surface area contributed by atoms with Gasteiger partial charge in [0.25, 0.3) is 0 Å². The fourth-order valence-corrected chi connectivity index (χ4v) is 2.34. The fraction of sp³-hybridized carbons (Fsp3) is 0.467. The van der Waals surface area contributed by atoms with E-state index in [-0.39, 0.29) is 11.7 Å². The van der Waals surface area contributed by atoms with Crippen LogP contribution in [0, 0.1) is 12.7 Å². The van der Waals surface area contributed by atoms with E-state index in [0.717, 1.165) is 23.4 Å². The van der Waals surface area contributed by atoms with Crippen molar-refractivity contribution >= 4 is 11.0 Å². The molecule has 3 heteroatoms. The van der Waals surface area contributed by atoms with Crippen molar-refractivity contribution in [3.05, 3.63) is 34.8 Å². The lowest BCUT2D eigenvalue weighted by atomic mass is 9.98. The Bertz CT molecular complexity index is 557. The highest BCUT2D eigenvalue weighted by Crippen LogP contribution is 2.35. The fourth-order valence-electron chi connectivity index (χ4n) is 2.34. The number of furan rings is 1. The van der Waals surface area contributed by atoms with Crippen molar-refractivity contribution in [1.29, 1.82) is 0 Å². The minimum Gasteiger partial charge on any atom is -0.459 e. The minimum absolute atomic E-state index is 0.189. The van der Waals surface area contributed by atoms with Gasteiger partial charge < -0.3 is 9.73 Å². The summed E-state index contributed by atoms with van der Waals surface area (Å²) in [6.45, 7) is 9.66. The van der Waals surface area contributed by atoms with Crippen molar-refractivity contribution in [2.24, 2.45) is 0 Å². The highest BCUT2D eigenvalue weighted by molar-refractivity contribution is 5.86. The maximum atomic E-state index is 14.0. The molecule has 0 saturated carbocycles. The Balaban J connectivity index is 2.67. The van der Waals surface area contributed by atoms with Crippen LogP contribution < -0.4 is 5.32 Å². The van der Waals surface area contributed by atoms with Crippen molar-refractivity contribution in [3.63, 3.8) is 0 Å². The Morgan fingerprint density at radius 3 is 2.67 bits per heavy atom. The molecule has 1 aromatic carbocycles. The first kappa shape index (κ1) is 13.1. The number of aryl methyl sites for hydroxylation is 1. The smallest absolute Gasteiger partial charge is 0.140 e. The Labute approximate surface area is 107 Å². The quantitative estimate of drug-likeness (QED) is 0.882. The van der Waals surface area contributed by atoms with Crippen molar-refractivity contribution < 1.29 is 8.81 Å². The summed E-state index contributed by atoms with van der Waals surface area (Å²) >= 11 is 0. The van der Waals surface area contributed by atoms with Crippen LogP contribution in [0.3, 0.4) is 0 Å². The number of benzene rings is 1. The van der Waals surface area contributed by atoms with Gasteiger partial charge >= 0.3 is 0 Å². The third-order valence-electron chi connectivity index (χ3n) is 3.21. The molecule has 0 fully saturated rings. The number of hydrogen-bond acceptors (Lipinski definition) is 2. The van der Waals surface area contributed by atoms with Gasteiger partial charge in [0.15, 0.2) is 0 Å². The first-order chi connectivity index (χ1) is 8.56. The van der Waals surface area contributed by atoms with E-state index < -0.39 is 0 Å². The van der Waals surface area contributed by atoms with Gasteiger partial charge in [-0.2, -0.15) is 0 Å². The van der Waals surface area contributed by atoms with Crippen LogP contribution in [0.5, 0.6) is 0 Å². The molecular formula is C15H20FNO. The van der Waals surface area contributed by atoms with Crippen molar-refractivity contribution in [2.45, 2.75) is 40.2 Å². The minimum atomic E-state index is -0.189. The maximum absolute atomic E-state index is 14.0. The molecule has 2 aromatic rings. The normalized spacial score (nSPS) is 11.7. The van der Waals surface area contributed by atoms with Crippen LogP contribution in [0.1, 0.15) is 43.6 Å². The summed E-state index contributed by atoms with van der Waals surface area (Å²) in [5, 5.41) is 3.89. The van der Waals surface area contributed by atoms with Crippen LogP contribution in [-0.4, -0.2) is 6.54 Å². The average molecular weight is 249 g/mol. The standard InChI is InChI=1S/C15H20FNO/c1-5-17-8-12-13(9(2)3)14-11(16)7-6-10(4)15(14)18-12/h6-7,9,17H,5,8H2,1-4H3. The highest BCUT2D eigenvalue weighted by atomic mass is 19.1. The summed E-state index contributed by atoms with van der Waals surface area (Å²) in [6.07, 6.45) is 0. The number of fused-ring (bicyclic) bond motifs is 1. The van der Waals surface area contributed by atoms with Gasteiger partial charge in [-0.15, -0.1) is 0 Å². The van der Waals surface area contributed by atoms with Crippen LogP contribution in [0.4, 0.5) is 4.39 Å². The molecule has 1 N–H and O–H groups in total. The van der Waals surface area contributed by atoms with E-state index in [9.17, 15) is 4.39 Å². The van der Waals surface area contributed by atoms with Crippen LogP contribution >= 0.6 is 0 Å². The van der Waals surface area contributed by atoms with Crippen LogP contribution in [0.2, 0.25) is 0 Å². The van der Waals surface area contributed by atoms with Crippen molar-refractivity contribution in [3.8, 4) is 0 Å². The summed E-state index contributed by atoms with van der Waals surface area (Å²) in [6, 6.07) is 3.29. The monoisotopic (exact) mass is 249 g/mol. The molecule has 0 bridgehead atoms. The van der Waals surface area contributed by atoms with E-state index in [0.29, 0.717) is 17.5 Å². The van der Waals surface area contributed by atoms with Crippen molar-refractivity contribution in [2.75, 3.05) is 6.54 Å². The van der Waals surface area contributed by atoms with Gasteiger partial charge in [0.1, 0.15) is 17.2 Å². The molecule has 0 radical (unpaired) electrons. The van der Waals surface area contributed by atoms with E-state index in [2.05, 4.69) is 19.2 Å². The first-order valence-corrected chi connectivity index (χ1v) is 6.47. The van der Waals surface area contributed by atoms with Gasteiger partial charge in [0, 0.05) is 5.56 Å². The summed E-state index contributed by atoms with van der Waals surface area (Å²) in [7, 11) is 0. The second kappa shape index (κ2) is 5.11. The Morgan fingerprint density at radius 1 is 1.33 bits per heavy atom. The predicted molar refractivity (Wildman–Crippen MR) is 72.4 cm³/mol. The zero-order valence-electron chi connectivity index (χ0n) is 11.4. The van der Waals surface area contributed by atoms with Gasteiger partial charge in [0.05, 0.1) is 11.9 Å². The zero-order valence-corrected chi connectivity index (χ0v) is 11.4. The number of hydrogen-bond donors (Lipinski definition) is 1. The van der Waals surface area contributed by atoms with Gasteiger partial charge in [-0.05, 0) is 31.0 Å². The highest BCUT2D eigenvalue weighted by Gasteiger charge is 2.20. The molecule has 98 valence electrons. The summed E-state index contributed by atoms with van der Waals surface area (Å²) in [5.41, 5.74) is 2.66. The van der Waals surface area contributed by atoms with Crippen LogP contribution in [-0.2, 0) is 6.54 Å². The molecule has 0 amide bonds. The van der Waals surface area contributed by atoms with Gasteiger partial charge in [-0.1, -0.05) is 26.8 Å². The molecule has 18 heavy (non-hydrogen) atoms. The third kappa shape index (κ3) is 2.15. The molecule has 0 aliphatic heterocycles. The Morgan fingerprint density at radius 2 is 2.06 bits per heavy atom. The average Bonchev–Trinajstić information content (AvgIpc) is 2.72. The van der Waals surface area contributed by atoms with Crippen LogP contribution in [0.25, 0.3) is 11.0 Å². The van der Waals surface area contributed by atoms with Crippen LogP contribution in [0.15, 0.2) is 16.5 Å². The van der Waals surface area contributed by atoms with E-state index in [1.54, 1.807) is 6.07 Å². The Kier molecular flexibility index (Phi) is 3.71. The van der Waals surface area contributed by atoms with E-state index in [1.165, 1.54) is 6.07 Å². The molecule has 0 aliphatic rings. The number of nitrogens with one attached hydrogen (secondary N) is 1. The lowest BCUT2D eigenvalue weighted by molar-refractivity contribution is 0.508. The molecule has 2 rings (SSSR count). The molecule has 1 heterocycles. The van der Waals surface area contributed by atoms with Gasteiger partial charge in [-0.3, -0.25) is 0 Å². The lowest BCUT2D eigenvalue weighted by Gasteiger charge is -2.07. The molecule has 2 nitrogen and oxygen atoms in total. The molecule has 0 unspecified atom stereocenters. The Hall–Kier alpha value is -1.35. The number of halogens is 1. The predicted octanol–water partition coefficient (Wildman–Crippen LogP) is 4.11. The summed E-state index contributed by atoms with van der Waals surface area (Å²) < 4.78 is 19.9. The molecule has 0 aliphatic carbocycles. The number of rotatable bonds is 4. The largest absolute Gasteiger partial charge is 0.459 e. The van der Waals surface area contributed by atoms with E-state index in [1.807, 2.05) is 13.8 Å². The lowest BCUT2D eigenvalue weighted by Crippen LogP contribution is -2.12. The SMILES string of the molecule is CCNCc1oc2c(C)ccc(F)c2c1C(C)C. The van der Waals surface area contributed by atoms with Gasteiger partial charge in [-0.25, -0.2) is 4.39 Å². The molecular weight excluding hydrogens is 229 g/mol. The first-order valence-electron chi connectivity index (χ1n) is 6.47. The molecule has 0 atom stereocenters. The third-order valence-corrected chi connectivity index (χ3v) is 3.21. The van der Waals surface area contributed by atoms with E-state index >= 15 is 0 Å². The van der Waals surface area contributed by atoms with E-state index in [4.69, 9.17) is 4.42 Å². The summed E-state index contributed by atoms with van der Waals surface area (Å²) in [4.78, 5) is 0. The molecule has 0 spiro atoms. The topological polar surface area (TPSA) is 25.2 Å². The molecule has 0 saturated heterocycles. The van der Waals surface area contributed by atoms with Crippen molar-refractivity contribution in [1.82, 2.24) is 5.32 Å². The maximum Gasteiger partial charge on any atom is 0.140 e. The molecule has 1 aromatic heterocycles. The summed E-state index contributed by atoms with van der Waals surface area (Å²) in [5.74, 6) is 0.914. The van der Waals surface area contributed by atoms with Gasteiger partial charge in [0.2, 0.25) is 0 Å². The zero-order chi connectivity index (χ0) is 13.3. The second-order valence-electron chi connectivity index (χ2n) is 4.94.